The number of likely N-dealkylation sites (N-methyl/N-ethyl adjacent to an activating group) is 1. The molecule has 7 nitrogen and oxygen atoms in total. The Balaban J connectivity index is 1.56. The highest BCUT2D eigenvalue weighted by Gasteiger charge is 2.28. The number of amides is 1. The summed E-state index contributed by atoms with van der Waals surface area (Å²) < 4.78 is 25.0. The van der Waals surface area contributed by atoms with Crippen LogP contribution < -0.4 is 15.4 Å². The Morgan fingerprint density at radius 1 is 1.03 bits per heavy atom. The van der Waals surface area contributed by atoms with E-state index in [4.69, 9.17) is 11.6 Å². The highest BCUT2D eigenvalue weighted by Crippen LogP contribution is 2.38. The predicted molar refractivity (Wildman–Crippen MR) is 143 cm³/mol. The van der Waals surface area contributed by atoms with Crippen molar-refractivity contribution >= 4 is 50.2 Å². The monoisotopic (exact) mass is 510 g/mol. The molecule has 0 aliphatic carbocycles. The van der Waals surface area contributed by atoms with Gasteiger partial charge in [0.05, 0.1) is 23.2 Å². The van der Waals surface area contributed by atoms with Crippen LogP contribution in [0.4, 0.5) is 11.4 Å². The predicted octanol–water partition coefficient (Wildman–Crippen LogP) is 4.25. The van der Waals surface area contributed by atoms with Crippen molar-refractivity contribution in [2.75, 3.05) is 37.0 Å². The Morgan fingerprint density at radius 3 is 2.43 bits per heavy atom. The first kappa shape index (κ1) is 24.9. The SMILES string of the molecule is CN(CCNS(C)(=O)=O)Cc1ccc(NC(=C2C(=O)Nc3cc(Cl)ccc32)c2ccccc2)cc1. The first-order valence-corrected chi connectivity index (χ1v) is 13.4. The van der Waals surface area contributed by atoms with E-state index in [1.807, 2.05) is 72.6 Å². The molecule has 0 atom stereocenters. The van der Waals surface area contributed by atoms with Crippen LogP contribution in [0.1, 0.15) is 16.7 Å². The number of nitrogens with one attached hydrogen (secondary N) is 3. The minimum Gasteiger partial charge on any atom is -0.354 e. The number of carbonyl (C=O) groups is 1. The molecule has 1 heterocycles. The topological polar surface area (TPSA) is 90.5 Å². The highest BCUT2D eigenvalue weighted by molar-refractivity contribution is 7.88. The maximum atomic E-state index is 13.0. The third kappa shape index (κ3) is 6.49. The third-order valence-electron chi connectivity index (χ3n) is 5.57. The molecule has 1 aliphatic rings. The second kappa shape index (κ2) is 10.6. The van der Waals surface area contributed by atoms with E-state index >= 15 is 0 Å². The molecule has 0 saturated carbocycles. The average Bonchev–Trinajstić information content (AvgIpc) is 3.12. The maximum absolute atomic E-state index is 13.0. The van der Waals surface area contributed by atoms with E-state index in [0.29, 0.717) is 41.6 Å². The molecule has 0 radical (unpaired) electrons. The van der Waals surface area contributed by atoms with E-state index < -0.39 is 10.0 Å². The molecule has 0 aromatic heterocycles. The van der Waals surface area contributed by atoms with E-state index in [-0.39, 0.29) is 5.91 Å². The molecule has 1 amide bonds. The molecule has 0 spiro atoms. The van der Waals surface area contributed by atoms with Crippen LogP contribution in [0.2, 0.25) is 5.02 Å². The molecule has 0 bridgehead atoms. The number of hydrogen-bond donors (Lipinski definition) is 3. The van der Waals surface area contributed by atoms with E-state index in [1.165, 1.54) is 0 Å². The highest BCUT2D eigenvalue weighted by atomic mass is 35.5. The van der Waals surface area contributed by atoms with Crippen molar-refractivity contribution in [1.29, 1.82) is 0 Å². The maximum Gasteiger partial charge on any atom is 0.258 e. The molecule has 35 heavy (non-hydrogen) atoms. The fourth-order valence-electron chi connectivity index (χ4n) is 3.93. The van der Waals surface area contributed by atoms with Gasteiger partial charge < -0.3 is 15.5 Å². The lowest BCUT2D eigenvalue weighted by molar-refractivity contribution is -0.110. The van der Waals surface area contributed by atoms with E-state index in [1.54, 1.807) is 12.1 Å². The van der Waals surface area contributed by atoms with Gasteiger partial charge in [-0.1, -0.05) is 60.1 Å². The number of hydrogen-bond acceptors (Lipinski definition) is 5. The van der Waals surface area contributed by atoms with Crippen LogP contribution >= 0.6 is 11.6 Å². The zero-order valence-corrected chi connectivity index (χ0v) is 21.1. The summed E-state index contributed by atoms with van der Waals surface area (Å²) in [6, 6.07) is 23.1. The van der Waals surface area contributed by atoms with Gasteiger partial charge in [-0.15, -0.1) is 0 Å². The molecule has 182 valence electrons. The van der Waals surface area contributed by atoms with E-state index in [9.17, 15) is 13.2 Å². The molecule has 0 unspecified atom stereocenters. The Labute approximate surface area is 210 Å². The van der Waals surface area contributed by atoms with Gasteiger partial charge in [-0.2, -0.15) is 0 Å². The minimum atomic E-state index is -3.19. The number of benzene rings is 3. The number of halogens is 1. The summed E-state index contributed by atoms with van der Waals surface area (Å²) in [5.41, 5.74) is 5.58. The number of fused-ring (bicyclic) bond motifs is 1. The molecule has 1 aliphatic heterocycles. The van der Waals surface area contributed by atoms with Gasteiger partial charge in [0.25, 0.3) is 5.91 Å². The lowest BCUT2D eigenvalue weighted by Crippen LogP contribution is -2.32. The van der Waals surface area contributed by atoms with Gasteiger partial charge in [0.2, 0.25) is 10.0 Å². The summed E-state index contributed by atoms with van der Waals surface area (Å²) in [6.45, 7) is 1.63. The summed E-state index contributed by atoms with van der Waals surface area (Å²) in [4.78, 5) is 15.0. The van der Waals surface area contributed by atoms with Gasteiger partial charge in [-0.3, -0.25) is 4.79 Å². The van der Waals surface area contributed by atoms with Gasteiger partial charge in [0, 0.05) is 35.9 Å². The van der Waals surface area contributed by atoms with Crippen molar-refractivity contribution in [3.8, 4) is 0 Å². The Bertz CT molecular complexity index is 1360. The van der Waals surface area contributed by atoms with E-state index in [0.717, 1.165) is 28.6 Å². The first-order valence-electron chi connectivity index (χ1n) is 11.1. The van der Waals surface area contributed by atoms with Crippen molar-refractivity contribution in [3.63, 3.8) is 0 Å². The van der Waals surface area contributed by atoms with Crippen LogP contribution in [-0.2, 0) is 21.4 Å². The standard InChI is InChI=1S/C26H27ClN4O3S/c1-31(15-14-28-35(2,33)34)17-18-8-11-21(12-9-18)29-25(19-6-4-3-5-7-19)24-22-13-10-20(27)16-23(22)30-26(24)32/h3-13,16,28-29H,14-15,17H2,1-2H3,(H,30,32). The van der Waals surface area contributed by atoms with Crippen LogP contribution in [0, 0.1) is 0 Å². The molecule has 0 fully saturated rings. The van der Waals surface area contributed by atoms with Crippen molar-refractivity contribution in [2.45, 2.75) is 6.54 Å². The molecular weight excluding hydrogens is 484 g/mol. The first-order chi connectivity index (χ1) is 16.7. The van der Waals surface area contributed by atoms with Crippen molar-refractivity contribution in [3.05, 3.63) is 94.5 Å². The van der Waals surface area contributed by atoms with Gasteiger partial charge >= 0.3 is 0 Å². The van der Waals surface area contributed by atoms with Crippen molar-refractivity contribution in [1.82, 2.24) is 9.62 Å². The Hall–Kier alpha value is -3.17. The number of rotatable bonds is 9. The Kier molecular flexibility index (Phi) is 7.57. The fourth-order valence-corrected chi connectivity index (χ4v) is 4.56. The van der Waals surface area contributed by atoms with E-state index in [2.05, 4.69) is 15.4 Å². The Morgan fingerprint density at radius 2 is 1.74 bits per heavy atom. The third-order valence-corrected chi connectivity index (χ3v) is 6.54. The minimum absolute atomic E-state index is 0.186. The van der Waals surface area contributed by atoms with Gasteiger partial charge in [-0.25, -0.2) is 13.1 Å². The molecule has 3 N–H and O–H groups in total. The summed E-state index contributed by atoms with van der Waals surface area (Å²) in [5.74, 6) is -0.186. The van der Waals surface area contributed by atoms with Crippen LogP contribution in [0.3, 0.4) is 0 Å². The smallest absolute Gasteiger partial charge is 0.258 e. The van der Waals surface area contributed by atoms with Crippen molar-refractivity contribution < 1.29 is 13.2 Å². The van der Waals surface area contributed by atoms with Gasteiger partial charge in [0.15, 0.2) is 0 Å². The number of carbonyl (C=O) groups excluding carboxylic acids is 1. The molecule has 0 saturated heterocycles. The van der Waals surface area contributed by atoms with Crippen LogP contribution in [-0.4, -0.2) is 45.6 Å². The molecular formula is C26H27ClN4O3S. The van der Waals surface area contributed by atoms with Crippen LogP contribution in [0.15, 0.2) is 72.8 Å². The van der Waals surface area contributed by atoms with Crippen LogP contribution in [0.25, 0.3) is 11.3 Å². The van der Waals surface area contributed by atoms with Crippen LogP contribution in [0.5, 0.6) is 0 Å². The van der Waals surface area contributed by atoms with Gasteiger partial charge in [-0.05, 0) is 42.4 Å². The lowest BCUT2D eigenvalue weighted by Gasteiger charge is -2.18. The average molecular weight is 511 g/mol. The number of sulfonamides is 1. The van der Waals surface area contributed by atoms with Gasteiger partial charge in [0.1, 0.15) is 0 Å². The molecule has 3 aromatic rings. The summed E-state index contributed by atoms with van der Waals surface area (Å²) in [5, 5.41) is 6.92. The second-order valence-corrected chi connectivity index (χ2v) is 10.8. The number of anilines is 2. The summed E-state index contributed by atoms with van der Waals surface area (Å²) in [7, 11) is -1.25. The zero-order chi connectivity index (χ0) is 25.0. The largest absolute Gasteiger partial charge is 0.354 e. The number of nitrogens with zero attached hydrogens (tertiary/aromatic N) is 1. The fraction of sp³-hybridized carbons (Fsp3) is 0.192. The summed E-state index contributed by atoms with van der Waals surface area (Å²) in [6.07, 6.45) is 1.15. The quantitative estimate of drug-likeness (QED) is 0.374. The normalized spacial score (nSPS) is 14.6. The zero-order valence-electron chi connectivity index (χ0n) is 19.5. The lowest BCUT2D eigenvalue weighted by atomic mass is 10.00. The molecule has 4 rings (SSSR count). The molecule has 9 heteroatoms. The molecule has 3 aromatic carbocycles. The second-order valence-electron chi connectivity index (χ2n) is 8.49. The van der Waals surface area contributed by atoms with Crippen molar-refractivity contribution in [2.24, 2.45) is 0 Å². The summed E-state index contributed by atoms with van der Waals surface area (Å²) >= 11 is 6.13.